The van der Waals surface area contributed by atoms with Crippen LogP contribution in [-0.2, 0) is 13.6 Å². The second-order valence-electron chi connectivity index (χ2n) is 4.96. The van der Waals surface area contributed by atoms with E-state index in [1.165, 1.54) is 0 Å². The van der Waals surface area contributed by atoms with Gasteiger partial charge in [-0.05, 0) is 19.1 Å². The summed E-state index contributed by atoms with van der Waals surface area (Å²) >= 11 is 0. The molecular formula is C16H15N5. The summed E-state index contributed by atoms with van der Waals surface area (Å²) < 4.78 is 1.78. The fourth-order valence-corrected chi connectivity index (χ4v) is 2.34. The lowest BCUT2D eigenvalue weighted by atomic mass is 10.1. The SMILES string of the molecule is Cc1nn(C)cc1CNc1nc2ccccc2cc1C#N. The van der Waals surface area contributed by atoms with Crippen molar-refractivity contribution in [3.8, 4) is 6.07 Å². The molecular weight excluding hydrogens is 262 g/mol. The molecule has 0 aliphatic rings. The number of nitrogens with one attached hydrogen (secondary N) is 1. The predicted molar refractivity (Wildman–Crippen MR) is 81.7 cm³/mol. The molecule has 2 heterocycles. The van der Waals surface area contributed by atoms with Crippen LogP contribution in [0.4, 0.5) is 5.82 Å². The number of nitrogens with zero attached hydrogens (tertiary/aromatic N) is 4. The number of fused-ring (bicyclic) bond motifs is 1. The van der Waals surface area contributed by atoms with Crippen LogP contribution < -0.4 is 5.32 Å². The minimum absolute atomic E-state index is 0.551. The van der Waals surface area contributed by atoms with Crippen molar-refractivity contribution in [1.29, 1.82) is 5.26 Å². The average Bonchev–Trinajstić information content (AvgIpc) is 2.82. The highest BCUT2D eigenvalue weighted by Gasteiger charge is 2.08. The Morgan fingerprint density at radius 2 is 2.14 bits per heavy atom. The van der Waals surface area contributed by atoms with Crippen LogP contribution in [0.5, 0.6) is 0 Å². The van der Waals surface area contributed by atoms with Crippen LogP contribution in [0.15, 0.2) is 36.5 Å². The summed E-state index contributed by atoms with van der Waals surface area (Å²) in [5.41, 5.74) is 3.50. The van der Waals surface area contributed by atoms with Crippen molar-refractivity contribution >= 4 is 16.7 Å². The van der Waals surface area contributed by atoms with Gasteiger partial charge in [0.2, 0.25) is 0 Å². The third-order valence-corrected chi connectivity index (χ3v) is 3.41. The molecule has 5 nitrogen and oxygen atoms in total. The van der Waals surface area contributed by atoms with E-state index >= 15 is 0 Å². The van der Waals surface area contributed by atoms with E-state index in [-0.39, 0.29) is 0 Å². The zero-order chi connectivity index (χ0) is 14.8. The predicted octanol–water partition coefficient (Wildman–Crippen LogP) is 2.76. The van der Waals surface area contributed by atoms with Gasteiger partial charge < -0.3 is 5.32 Å². The number of pyridine rings is 1. The van der Waals surface area contributed by atoms with Crippen molar-refractivity contribution in [3.63, 3.8) is 0 Å². The fourth-order valence-electron chi connectivity index (χ4n) is 2.34. The van der Waals surface area contributed by atoms with E-state index in [0.717, 1.165) is 22.2 Å². The van der Waals surface area contributed by atoms with Gasteiger partial charge >= 0.3 is 0 Å². The Morgan fingerprint density at radius 1 is 1.33 bits per heavy atom. The standard InChI is InChI=1S/C16H15N5/c1-11-14(10-21(2)20-11)9-18-16-13(8-17)7-12-5-3-4-6-15(12)19-16/h3-7,10H,9H2,1-2H3,(H,18,19). The van der Waals surface area contributed by atoms with Crippen molar-refractivity contribution in [3.05, 3.63) is 53.3 Å². The van der Waals surface area contributed by atoms with Crippen molar-refractivity contribution in [2.75, 3.05) is 5.32 Å². The molecule has 0 radical (unpaired) electrons. The maximum Gasteiger partial charge on any atom is 0.144 e. The van der Waals surface area contributed by atoms with Gasteiger partial charge in [-0.15, -0.1) is 0 Å². The van der Waals surface area contributed by atoms with Crippen LogP contribution >= 0.6 is 0 Å². The first kappa shape index (κ1) is 13.1. The van der Waals surface area contributed by atoms with Crippen LogP contribution in [-0.4, -0.2) is 14.8 Å². The van der Waals surface area contributed by atoms with Gasteiger partial charge in [0.05, 0.1) is 16.8 Å². The van der Waals surface area contributed by atoms with E-state index < -0.39 is 0 Å². The molecule has 0 aliphatic carbocycles. The summed E-state index contributed by atoms with van der Waals surface area (Å²) in [5, 5.41) is 17.8. The molecule has 3 rings (SSSR count). The molecule has 104 valence electrons. The second-order valence-corrected chi connectivity index (χ2v) is 4.96. The van der Waals surface area contributed by atoms with Crippen molar-refractivity contribution in [2.24, 2.45) is 7.05 Å². The third-order valence-electron chi connectivity index (χ3n) is 3.41. The van der Waals surface area contributed by atoms with Crippen LogP contribution in [0.1, 0.15) is 16.8 Å². The first-order valence-electron chi connectivity index (χ1n) is 6.70. The van der Waals surface area contributed by atoms with Gasteiger partial charge in [0.15, 0.2) is 0 Å². The van der Waals surface area contributed by atoms with E-state index in [0.29, 0.717) is 17.9 Å². The van der Waals surface area contributed by atoms with Crippen LogP contribution in [0.3, 0.4) is 0 Å². The van der Waals surface area contributed by atoms with Gasteiger partial charge in [-0.3, -0.25) is 4.68 Å². The van der Waals surface area contributed by atoms with Gasteiger partial charge in [-0.1, -0.05) is 18.2 Å². The first-order chi connectivity index (χ1) is 10.2. The number of anilines is 1. The highest BCUT2D eigenvalue weighted by atomic mass is 15.3. The average molecular weight is 277 g/mol. The monoisotopic (exact) mass is 277 g/mol. The Bertz CT molecular complexity index is 841. The number of hydrogen-bond donors (Lipinski definition) is 1. The Labute approximate surface area is 122 Å². The van der Waals surface area contributed by atoms with Crippen LogP contribution in [0, 0.1) is 18.3 Å². The summed E-state index contributed by atoms with van der Waals surface area (Å²) in [5.74, 6) is 0.611. The van der Waals surface area contributed by atoms with E-state index in [4.69, 9.17) is 0 Å². The van der Waals surface area contributed by atoms with E-state index in [2.05, 4.69) is 21.5 Å². The molecule has 0 bridgehead atoms. The quantitative estimate of drug-likeness (QED) is 0.799. The molecule has 0 aliphatic heterocycles. The molecule has 2 aromatic heterocycles. The fraction of sp³-hybridized carbons (Fsp3) is 0.188. The normalized spacial score (nSPS) is 10.5. The number of para-hydroxylation sites is 1. The number of aryl methyl sites for hydroxylation is 2. The van der Waals surface area contributed by atoms with E-state index in [9.17, 15) is 5.26 Å². The molecule has 0 fully saturated rings. The zero-order valence-corrected chi connectivity index (χ0v) is 12.0. The highest BCUT2D eigenvalue weighted by molar-refractivity contribution is 5.82. The molecule has 0 saturated carbocycles. The number of hydrogen-bond acceptors (Lipinski definition) is 4. The molecule has 1 aromatic carbocycles. The number of nitriles is 1. The molecule has 5 heteroatoms. The molecule has 0 atom stereocenters. The molecule has 3 aromatic rings. The lowest BCUT2D eigenvalue weighted by Crippen LogP contribution is -2.04. The van der Waals surface area contributed by atoms with Crippen molar-refractivity contribution in [2.45, 2.75) is 13.5 Å². The smallest absolute Gasteiger partial charge is 0.144 e. The van der Waals surface area contributed by atoms with Gasteiger partial charge in [0.25, 0.3) is 0 Å². The van der Waals surface area contributed by atoms with Gasteiger partial charge in [0.1, 0.15) is 11.9 Å². The van der Waals surface area contributed by atoms with Crippen molar-refractivity contribution in [1.82, 2.24) is 14.8 Å². The lowest BCUT2D eigenvalue weighted by molar-refractivity contribution is 0.756. The van der Waals surface area contributed by atoms with Crippen LogP contribution in [0.2, 0.25) is 0 Å². The Balaban J connectivity index is 1.92. The number of rotatable bonds is 3. The highest BCUT2D eigenvalue weighted by Crippen LogP contribution is 2.20. The zero-order valence-electron chi connectivity index (χ0n) is 12.0. The topological polar surface area (TPSA) is 66.5 Å². The largest absolute Gasteiger partial charge is 0.365 e. The molecule has 1 N–H and O–H groups in total. The lowest BCUT2D eigenvalue weighted by Gasteiger charge is -2.08. The molecule has 0 amide bonds. The number of benzene rings is 1. The van der Waals surface area contributed by atoms with Crippen LogP contribution in [0.25, 0.3) is 10.9 Å². The minimum Gasteiger partial charge on any atom is -0.365 e. The minimum atomic E-state index is 0.551. The summed E-state index contributed by atoms with van der Waals surface area (Å²) in [6.07, 6.45) is 1.97. The Hall–Kier alpha value is -2.87. The van der Waals surface area contributed by atoms with Crippen molar-refractivity contribution < 1.29 is 0 Å². The Morgan fingerprint density at radius 3 is 2.86 bits per heavy atom. The summed E-state index contributed by atoms with van der Waals surface area (Å²) in [4.78, 5) is 4.54. The maximum atomic E-state index is 9.29. The third kappa shape index (κ3) is 2.56. The second kappa shape index (κ2) is 5.25. The van der Waals surface area contributed by atoms with Gasteiger partial charge in [-0.2, -0.15) is 10.4 Å². The van der Waals surface area contributed by atoms with E-state index in [1.807, 2.05) is 50.5 Å². The summed E-state index contributed by atoms with van der Waals surface area (Å²) in [7, 11) is 1.89. The van der Waals surface area contributed by atoms with Gasteiger partial charge in [-0.25, -0.2) is 4.98 Å². The molecule has 0 saturated heterocycles. The first-order valence-corrected chi connectivity index (χ1v) is 6.70. The number of aromatic nitrogens is 3. The van der Waals surface area contributed by atoms with Gasteiger partial charge in [0, 0.05) is 30.7 Å². The molecule has 21 heavy (non-hydrogen) atoms. The Kier molecular flexibility index (Phi) is 3.28. The maximum absolute atomic E-state index is 9.29. The molecule has 0 unspecified atom stereocenters. The molecule has 0 spiro atoms. The summed E-state index contributed by atoms with van der Waals surface area (Å²) in [6, 6.07) is 11.8. The summed E-state index contributed by atoms with van der Waals surface area (Å²) in [6.45, 7) is 2.57. The van der Waals surface area contributed by atoms with E-state index in [1.54, 1.807) is 4.68 Å².